The van der Waals surface area contributed by atoms with Crippen molar-refractivity contribution in [2.75, 3.05) is 26.2 Å². The van der Waals surface area contributed by atoms with E-state index < -0.39 is 0 Å². The maximum atomic E-state index is 11.9. The van der Waals surface area contributed by atoms with Gasteiger partial charge in [0.25, 0.3) is 0 Å². The number of hydrogen-bond acceptors (Lipinski definition) is 3. The van der Waals surface area contributed by atoms with Crippen LogP contribution in [-0.2, 0) is 0 Å². The van der Waals surface area contributed by atoms with E-state index in [9.17, 15) is 8.96 Å². The Balaban J connectivity index is 2.39. The topological polar surface area (TPSA) is 36.1 Å². The predicted molar refractivity (Wildman–Crippen MR) is 52.0 cm³/mol. The van der Waals surface area contributed by atoms with Gasteiger partial charge in [0.2, 0.25) is 0 Å². The van der Waals surface area contributed by atoms with Crippen LogP contribution in [0.2, 0.25) is 0 Å². The van der Waals surface area contributed by atoms with E-state index in [2.05, 4.69) is 5.32 Å². The summed E-state index contributed by atoms with van der Waals surface area (Å²) < 4.78 is 23.8. The zero-order valence-electron chi connectivity index (χ0n) is 8.41. The molecule has 1 aliphatic rings. The lowest BCUT2D eigenvalue weighted by Crippen LogP contribution is -2.39. The highest BCUT2D eigenvalue weighted by atomic mass is 19.2. The summed E-state index contributed by atoms with van der Waals surface area (Å²) in [4.78, 5) is 0. The molecule has 84 valence electrons. The van der Waals surface area contributed by atoms with Crippen molar-refractivity contribution >= 4 is 0 Å². The molecule has 1 saturated heterocycles. The van der Waals surface area contributed by atoms with E-state index in [-0.39, 0.29) is 5.41 Å². The zero-order valence-corrected chi connectivity index (χ0v) is 8.41. The average Bonchev–Trinajstić information content (AvgIpc) is 2.25. The van der Waals surface area contributed by atoms with Crippen molar-refractivity contribution in [3.05, 3.63) is 0 Å². The Morgan fingerprint density at radius 3 is 1.93 bits per heavy atom. The van der Waals surface area contributed by atoms with E-state index in [1.165, 1.54) is 0 Å². The molecule has 0 bridgehead atoms. The SMILES string of the molecule is FNCCC1(CCNF)CCNCC1. The van der Waals surface area contributed by atoms with Crippen LogP contribution in [0.3, 0.4) is 0 Å². The van der Waals surface area contributed by atoms with Gasteiger partial charge in [-0.2, -0.15) is 11.1 Å². The maximum Gasteiger partial charge on any atom is 0.0265 e. The van der Waals surface area contributed by atoms with Crippen LogP contribution in [0.25, 0.3) is 0 Å². The molecule has 0 saturated carbocycles. The van der Waals surface area contributed by atoms with Gasteiger partial charge in [0.15, 0.2) is 0 Å². The van der Waals surface area contributed by atoms with Gasteiger partial charge in [0, 0.05) is 13.1 Å². The Hall–Kier alpha value is -0.260. The highest BCUT2D eigenvalue weighted by Gasteiger charge is 2.30. The van der Waals surface area contributed by atoms with Gasteiger partial charge in [0.05, 0.1) is 0 Å². The Kier molecular flexibility index (Phi) is 5.29. The molecule has 1 aliphatic heterocycles. The number of halogens is 2. The van der Waals surface area contributed by atoms with Crippen molar-refractivity contribution in [1.82, 2.24) is 16.4 Å². The van der Waals surface area contributed by atoms with Crippen molar-refractivity contribution in [3.63, 3.8) is 0 Å². The highest BCUT2D eigenvalue weighted by Crippen LogP contribution is 2.35. The second kappa shape index (κ2) is 6.27. The summed E-state index contributed by atoms with van der Waals surface area (Å²) in [6.07, 6.45) is 3.59. The molecule has 1 rings (SSSR count). The van der Waals surface area contributed by atoms with Crippen LogP contribution in [-0.4, -0.2) is 26.2 Å². The normalized spacial score (nSPS) is 21.0. The van der Waals surface area contributed by atoms with E-state index in [4.69, 9.17) is 0 Å². The Labute approximate surface area is 83.5 Å². The molecule has 0 aromatic rings. The summed E-state index contributed by atoms with van der Waals surface area (Å²) in [5.74, 6) is 0. The quantitative estimate of drug-likeness (QED) is 0.570. The first kappa shape index (κ1) is 11.8. The van der Waals surface area contributed by atoms with Crippen LogP contribution in [0, 0.1) is 5.41 Å². The zero-order chi connectivity index (χ0) is 10.3. The second-order valence-electron chi connectivity index (χ2n) is 4.02. The smallest absolute Gasteiger partial charge is 0.0265 e. The van der Waals surface area contributed by atoms with Crippen molar-refractivity contribution in [1.29, 1.82) is 0 Å². The molecule has 0 aliphatic carbocycles. The lowest BCUT2D eigenvalue weighted by molar-refractivity contribution is 0.142. The lowest BCUT2D eigenvalue weighted by atomic mass is 9.73. The first-order chi connectivity index (χ1) is 6.83. The van der Waals surface area contributed by atoms with Crippen LogP contribution in [0.5, 0.6) is 0 Å². The largest absolute Gasteiger partial charge is 0.317 e. The number of hydrogen-bond donors (Lipinski definition) is 3. The van der Waals surface area contributed by atoms with Gasteiger partial charge in [-0.15, -0.1) is 8.96 Å². The predicted octanol–water partition coefficient (Wildman–Crippen LogP) is 1.08. The van der Waals surface area contributed by atoms with Gasteiger partial charge in [-0.25, -0.2) is 0 Å². The van der Waals surface area contributed by atoms with E-state index in [1.54, 1.807) is 11.1 Å². The van der Waals surface area contributed by atoms with Gasteiger partial charge in [0.1, 0.15) is 0 Å². The monoisotopic (exact) mass is 207 g/mol. The van der Waals surface area contributed by atoms with Crippen LogP contribution in [0.4, 0.5) is 8.96 Å². The highest BCUT2D eigenvalue weighted by molar-refractivity contribution is 4.85. The summed E-state index contributed by atoms with van der Waals surface area (Å²) >= 11 is 0. The molecule has 0 aromatic carbocycles. The van der Waals surface area contributed by atoms with E-state index >= 15 is 0 Å². The fourth-order valence-electron chi connectivity index (χ4n) is 2.21. The summed E-state index contributed by atoms with van der Waals surface area (Å²) in [5.41, 5.74) is 3.48. The standard InChI is InChI=1S/C9H19F2N3/c10-13-7-3-9(4-8-14-11)1-5-12-6-2-9/h12-14H,1-8H2. The average molecular weight is 207 g/mol. The summed E-state index contributed by atoms with van der Waals surface area (Å²) in [6, 6.07) is 0. The van der Waals surface area contributed by atoms with Crippen LogP contribution >= 0.6 is 0 Å². The molecule has 0 atom stereocenters. The molecule has 0 amide bonds. The summed E-state index contributed by atoms with van der Waals surface area (Å²) in [5, 5.41) is 3.26. The third kappa shape index (κ3) is 3.48. The Bertz CT molecular complexity index is 139. The molecule has 0 unspecified atom stereocenters. The lowest BCUT2D eigenvalue weighted by Gasteiger charge is -2.37. The minimum Gasteiger partial charge on any atom is -0.317 e. The van der Waals surface area contributed by atoms with Crippen LogP contribution < -0.4 is 16.4 Å². The van der Waals surface area contributed by atoms with E-state index in [1.807, 2.05) is 0 Å². The summed E-state index contributed by atoms with van der Waals surface area (Å²) in [7, 11) is 0. The molecule has 1 heterocycles. The van der Waals surface area contributed by atoms with Gasteiger partial charge >= 0.3 is 0 Å². The van der Waals surface area contributed by atoms with E-state index in [0.29, 0.717) is 13.1 Å². The Morgan fingerprint density at radius 1 is 1.00 bits per heavy atom. The van der Waals surface area contributed by atoms with Gasteiger partial charge < -0.3 is 5.32 Å². The van der Waals surface area contributed by atoms with Crippen LogP contribution in [0.1, 0.15) is 25.7 Å². The first-order valence-electron chi connectivity index (χ1n) is 5.21. The fraction of sp³-hybridized carbons (Fsp3) is 1.00. The molecule has 3 nitrogen and oxygen atoms in total. The van der Waals surface area contributed by atoms with Crippen molar-refractivity contribution in [2.45, 2.75) is 25.7 Å². The van der Waals surface area contributed by atoms with Gasteiger partial charge in [-0.1, -0.05) is 0 Å². The first-order valence-corrected chi connectivity index (χ1v) is 5.21. The third-order valence-electron chi connectivity index (χ3n) is 3.16. The van der Waals surface area contributed by atoms with Gasteiger partial charge in [-0.05, 0) is 44.2 Å². The molecule has 5 heteroatoms. The molecule has 0 aromatic heterocycles. The van der Waals surface area contributed by atoms with Crippen molar-refractivity contribution < 1.29 is 8.96 Å². The van der Waals surface area contributed by atoms with Crippen molar-refractivity contribution in [3.8, 4) is 0 Å². The summed E-state index contributed by atoms with van der Waals surface area (Å²) in [6.45, 7) is 2.65. The molecular weight excluding hydrogens is 188 g/mol. The number of piperidine rings is 1. The molecular formula is C9H19F2N3. The van der Waals surface area contributed by atoms with Crippen molar-refractivity contribution in [2.24, 2.45) is 5.41 Å². The minimum absolute atomic E-state index is 0.115. The molecule has 0 radical (unpaired) electrons. The fourth-order valence-corrected chi connectivity index (χ4v) is 2.21. The maximum absolute atomic E-state index is 11.9. The third-order valence-corrected chi connectivity index (χ3v) is 3.16. The second-order valence-corrected chi connectivity index (χ2v) is 4.02. The Morgan fingerprint density at radius 2 is 1.50 bits per heavy atom. The molecule has 3 N–H and O–H groups in total. The minimum atomic E-state index is 0.115. The van der Waals surface area contributed by atoms with Gasteiger partial charge in [-0.3, -0.25) is 0 Å². The molecule has 14 heavy (non-hydrogen) atoms. The molecule has 1 fully saturated rings. The van der Waals surface area contributed by atoms with E-state index in [0.717, 1.165) is 38.8 Å². The number of nitrogens with one attached hydrogen (secondary N) is 3. The van der Waals surface area contributed by atoms with Crippen LogP contribution in [0.15, 0.2) is 0 Å². The molecule has 0 spiro atoms. The number of rotatable bonds is 6.